The van der Waals surface area contributed by atoms with E-state index in [2.05, 4.69) is 33.8 Å². The zero-order chi connectivity index (χ0) is 12.4. The molecule has 2 rings (SSSR count). The second-order valence-electron chi connectivity index (χ2n) is 4.26. The molecule has 0 unspecified atom stereocenters. The van der Waals surface area contributed by atoms with Crippen molar-refractivity contribution in [1.82, 2.24) is 19.9 Å². The van der Waals surface area contributed by atoms with Gasteiger partial charge in [-0.3, -0.25) is 0 Å². The Morgan fingerprint density at radius 2 is 1.88 bits per heavy atom. The van der Waals surface area contributed by atoms with Crippen LogP contribution in [0.2, 0.25) is 0 Å². The number of aryl methyl sites for hydroxylation is 1. The van der Waals surface area contributed by atoms with Crippen molar-refractivity contribution in [2.24, 2.45) is 0 Å². The molecule has 0 saturated heterocycles. The molecule has 2 aromatic rings. The summed E-state index contributed by atoms with van der Waals surface area (Å²) in [6, 6.07) is 1.87. The number of H-pyrrole nitrogens is 1. The first-order valence-electron chi connectivity index (χ1n) is 5.46. The van der Waals surface area contributed by atoms with Crippen LogP contribution >= 0.6 is 12.2 Å². The van der Waals surface area contributed by atoms with E-state index in [1.54, 1.807) is 12.4 Å². The Hall–Kier alpha value is -1.62. The summed E-state index contributed by atoms with van der Waals surface area (Å²) in [7, 11) is 0. The van der Waals surface area contributed by atoms with Gasteiger partial charge in [-0.15, -0.1) is 0 Å². The molecule has 0 aliphatic heterocycles. The summed E-state index contributed by atoms with van der Waals surface area (Å²) >= 11 is 5.15. The molecular weight excluding hydrogens is 232 g/mol. The minimum Gasteiger partial charge on any atom is -0.340 e. The maximum Gasteiger partial charge on any atom is 0.195 e. The van der Waals surface area contributed by atoms with E-state index in [0.29, 0.717) is 22.2 Å². The van der Waals surface area contributed by atoms with Crippen LogP contribution in [0.5, 0.6) is 0 Å². The minimum absolute atomic E-state index is 0.365. The number of rotatable bonds is 2. The predicted octanol–water partition coefficient (Wildman–Crippen LogP) is 3.03. The van der Waals surface area contributed by atoms with Crippen molar-refractivity contribution >= 4 is 12.2 Å². The topological polar surface area (TPSA) is 54.5 Å². The van der Waals surface area contributed by atoms with Gasteiger partial charge in [0, 0.05) is 18.1 Å². The van der Waals surface area contributed by atoms with Gasteiger partial charge in [0.25, 0.3) is 0 Å². The molecule has 0 spiro atoms. The van der Waals surface area contributed by atoms with Crippen molar-refractivity contribution < 1.29 is 0 Å². The molecule has 1 N–H and O–H groups in total. The summed E-state index contributed by atoms with van der Waals surface area (Å²) in [5.41, 5.74) is 2.07. The molecule has 0 fully saturated rings. The number of nitrogens with zero attached hydrogens (tertiary/aromatic N) is 3. The van der Waals surface area contributed by atoms with Crippen LogP contribution in [0.1, 0.15) is 31.0 Å². The number of hydrogen-bond donors (Lipinski definition) is 1. The van der Waals surface area contributed by atoms with Crippen molar-refractivity contribution in [3.63, 3.8) is 0 Å². The minimum atomic E-state index is 0.365. The Morgan fingerprint density at radius 3 is 2.47 bits per heavy atom. The van der Waals surface area contributed by atoms with Gasteiger partial charge in [0.15, 0.2) is 11.6 Å². The summed E-state index contributed by atoms with van der Waals surface area (Å²) in [6.07, 6.45) is 3.53. The Balaban J connectivity index is 2.52. The molecule has 0 radical (unpaired) electrons. The van der Waals surface area contributed by atoms with Gasteiger partial charge in [-0.2, -0.15) is 0 Å². The van der Waals surface area contributed by atoms with Gasteiger partial charge in [0.2, 0.25) is 0 Å². The van der Waals surface area contributed by atoms with Crippen LogP contribution in [-0.2, 0) is 0 Å². The molecule has 2 heterocycles. The molecule has 5 heteroatoms. The van der Waals surface area contributed by atoms with Crippen molar-refractivity contribution in [2.75, 3.05) is 0 Å². The van der Waals surface area contributed by atoms with Gasteiger partial charge >= 0.3 is 0 Å². The van der Waals surface area contributed by atoms with Crippen LogP contribution in [0, 0.1) is 11.6 Å². The number of nitrogens with one attached hydrogen (secondary N) is 1. The van der Waals surface area contributed by atoms with Crippen LogP contribution < -0.4 is 0 Å². The van der Waals surface area contributed by atoms with E-state index >= 15 is 0 Å². The number of aromatic amines is 1. The summed E-state index contributed by atoms with van der Waals surface area (Å²) in [5.74, 6) is 1.56. The molecule has 17 heavy (non-hydrogen) atoms. The highest BCUT2D eigenvalue weighted by atomic mass is 32.1. The first-order valence-corrected chi connectivity index (χ1v) is 5.87. The average Bonchev–Trinajstić information content (AvgIpc) is 2.29. The van der Waals surface area contributed by atoms with Gasteiger partial charge in [0.05, 0.1) is 0 Å². The van der Waals surface area contributed by atoms with Crippen LogP contribution in [0.4, 0.5) is 0 Å². The fraction of sp³-hybridized carbons (Fsp3) is 0.333. The number of aromatic nitrogens is 4. The normalized spacial score (nSPS) is 10.8. The predicted molar refractivity (Wildman–Crippen MR) is 69.3 cm³/mol. The summed E-state index contributed by atoms with van der Waals surface area (Å²) in [4.78, 5) is 15.9. The Kier molecular flexibility index (Phi) is 3.28. The lowest BCUT2D eigenvalue weighted by molar-refractivity contribution is 0.812. The second kappa shape index (κ2) is 4.71. The van der Waals surface area contributed by atoms with E-state index in [0.717, 1.165) is 11.3 Å². The zero-order valence-corrected chi connectivity index (χ0v) is 10.9. The highest BCUT2D eigenvalue weighted by molar-refractivity contribution is 7.71. The van der Waals surface area contributed by atoms with Crippen molar-refractivity contribution in [2.45, 2.75) is 26.7 Å². The summed E-state index contributed by atoms with van der Waals surface area (Å²) < 4.78 is 0.562. The maximum atomic E-state index is 5.15. The third kappa shape index (κ3) is 2.74. The lowest BCUT2D eigenvalue weighted by atomic mass is 10.1. The average molecular weight is 246 g/mol. The third-order valence-electron chi connectivity index (χ3n) is 2.38. The lowest BCUT2D eigenvalue weighted by Gasteiger charge is -2.07. The Morgan fingerprint density at radius 1 is 1.24 bits per heavy atom. The fourth-order valence-corrected chi connectivity index (χ4v) is 1.63. The van der Waals surface area contributed by atoms with Crippen LogP contribution in [0.15, 0.2) is 18.5 Å². The van der Waals surface area contributed by atoms with Crippen molar-refractivity contribution in [1.29, 1.82) is 0 Å². The summed E-state index contributed by atoms with van der Waals surface area (Å²) in [5, 5.41) is 0. The summed E-state index contributed by atoms with van der Waals surface area (Å²) in [6.45, 7) is 6.14. The molecule has 0 amide bonds. The largest absolute Gasteiger partial charge is 0.340 e. The highest BCUT2D eigenvalue weighted by Crippen LogP contribution is 2.15. The fourth-order valence-electron chi connectivity index (χ4n) is 1.41. The van der Waals surface area contributed by atoms with E-state index in [9.17, 15) is 0 Å². The molecule has 0 aromatic carbocycles. The van der Waals surface area contributed by atoms with Gasteiger partial charge in [-0.25, -0.2) is 15.0 Å². The standard InChI is InChI=1S/C12H14N4S/c1-7(2)9-4-10(17)16-12(15-9)11-13-5-8(3)6-14-11/h4-7H,1-3H3,(H,15,16,17). The van der Waals surface area contributed by atoms with Gasteiger partial charge in [0.1, 0.15) is 4.64 Å². The smallest absolute Gasteiger partial charge is 0.195 e. The van der Waals surface area contributed by atoms with E-state index in [4.69, 9.17) is 12.2 Å². The highest BCUT2D eigenvalue weighted by Gasteiger charge is 2.07. The van der Waals surface area contributed by atoms with Crippen LogP contribution in [-0.4, -0.2) is 19.9 Å². The van der Waals surface area contributed by atoms with E-state index in [1.165, 1.54) is 0 Å². The molecule has 0 aliphatic rings. The SMILES string of the molecule is Cc1cnc(-c2nc(=S)cc(C(C)C)[nH]2)nc1. The molecule has 4 nitrogen and oxygen atoms in total. The van der Waals surface area contributed by atoms with E-state index in [-0.39, 0.29) is 0 Å². The first-order chi connectivity index (χ1) is 8.06. The molecule has 2 aromatic heterocycles. The van der Waals surface area contributed by atoms with Gasteiger partial charge in [-0.05, 0) is 24.5 Å². The molecule has 0 bridgehead atoms. The Bertz CT molecular complexity index is 572. The zero-order valence-electron chi connectivity index (χ0n) is 10.1. The second-order valence-corrected chi connectivity index (χ2v) is 4.68. The van der Waals surface area contributed by atoms with E-state index < -0.39 is 0 Å². The molecule has 0 atom stereocenters. The first kappa shape index (κ1) is 11.9. The number of hydrogen-bond acceptors (Lipinski definition) is 4. The quantitative estimate of drug-likeness (QED) is 0.827. The molecule has 0 saturated carbocycles. The molecule has 88 valence electrons. The van der Waals surface area contributed by atoms with Crippen LogP contribution in [0.25, 0.3) is 11.6 Å². The van der Waals surface area contributed by atoms with Crippen molar-refractivity contribution in [3.05, 3.63) is 34.4 Å². The molecule has 0 aliphatic carbocycles. The molecular formula is C12H14N4S. The maximum absolute atomic E-state index is 5.15. The lowest BCUT2D eigenvalue weighted by Crippen LogP contribution is -2.00. The van der Waals surface area contributed by atoms with E-state index in [1.807, 2.05) is 13.0 Å². The van der Waals surface area contributed by atoms with Gasteiger partial charge in [-0.1, -0.05) is 26.1 Å². The third-order valence-corrected chi connectivity index (χ3v) is 2.59. The monoisotopic (exact) mass is 246 g/mol. The van der Waals surface area contributed by atoms with Crippen molar-refractivity contribution in [3.8, 4) is 11.6 Å². The Labute approximate surface area is 105 Å². The van der Waals surface area contributed by atoms with Crippen LogP contribution in [0.3, 0.4) is 0 Å². The van der Waals surface area contributed by atoms with Gasteiger partial charge < -0.3 is 4.98 Å².